The molecule has 0 bridgehead atoms. The van der Waals surface area contributed by atoms with Crippen molar-refractivity contribution in [2.24, 2.45) is 11.3 Å². The third-order valence-electron chi connectivity index (χ3n) is 3.17. The third-order valence-corrected chi connectivity index (χ3v) is 3.95. The minimum absolute atomic E-state index is 0.155. The van der Waals surface area contributed by atoms with Crippen LogP contribution >= 0.6 is 15.9 Å². The summed E-state index contributed by atoms with van der Waals surface area (Å²) in [6, 6.07) is 6.92. The Labute approximate surface area is 112 Å². The summed E-state index contributed by atoms with van der Waals surface area (Å²) in [6.45, 7) is 7.49. The molecule has 96 valence electrons. The third kappa shape index (κ3) is 3.98. The summed E-state index contributed by atoms with van der Waals surface area (Å²) in [5, 5.41) is 0.926. The number of anilines is 1. The van der Waals surface area contributed by atoms with E-state index in [-0.39, 0.29) is 11.2 Å². The topological polar surface area (TPSA) is 3.24 Å². The molecule has 0 heterocycles. The van der Waals surface area contributed by atoms with E-state index in [1.165, 1.54) is 6.07 Å². The molecule has 0 aliphatic heterocycles. The van der Waals surface area contributed by atoms with Crippen LogP contribution in [0, 0.1) is 17.2 Å². The van der Waals surface area contributed by atoms with Crippen molar-refractivity contribution in [1.29, 1.82) is 0 Å². The number of halogens is 2. The molecule has 0 amide bonds. The second-order valence-electron chi connectivity index (χ2n) is 5.55. The minimum Gasteiger partial charge on any atom is -0.372 e. The monoisotopic (exact) mass is 301 g/mol. The lowest BCUT2D eigenvalue weighted by Crippen LogP contribution is -2.34. The summed E-state index contributed by atoms with van der Waals surface area (Å²) in [6.07, 6.45) is 0. The highest BCUT2D eigenvalue weighted by atomic mass is 79.9. The maximum Gasteiger partial charge on any atom is 0.146 e. The van der Waals surface area contributed by atoms with E-state index in [1.54, 1.807) is 6.07 Å². The fourth-order valence-electron chi connectivity index (χ4n) is 1.74. The fourth-order valence-corrected chi connectivity index (χ4v) is 2.92. The van der Waals surface area contributed by atoms with Crippen molar-refractivity contribution in [1.82, 2.24) is 0 Å². The molecule has 1 atom stereocenters. The Morgan fingerprint density at radius 2 is 1.88 bits per heavy atom. The average Bonchev–Trinajstić information content (AvgIpc) is 2.24. The number of hydrogen-bond donors (Lipinski definition) is 0. The maximum absolute atomic E-state index is 13.6. The van der Waals surface area contributed by atoms with Crippen LogP contribution in [0.15, 0.2) is 24.3 Å². The van der Waals surface area contributed by atoms with E-state index in [0.29, 0.717) is 11.6 Å². The van der Waals surface area contributed by atoms with Gasteiger partial charge in [0.15, 0.2) is 0 Å². The zero-order valence-corrected chi connectivity index (χ0v) is 12.6. The van der Waals surface area contributed by atoms with Crippen LogP contribution in [0.4, 0.5) is 10.1 Å². The molecule has 1 aromatic rings. The molecule has 0 saturated heterocycles. The van der Waals surface area contributed by atoms with E-state index in [0.717, 1.165) is 11.9 Å². The van der Waals surface area contributed by atoms with E-state index in [9.17, 15) is 4.39 Å². The summed E-state index contributed by atoms with van der Waals surface area (Å²) in [4.78, 5) is 1.99. The molecule has 0 aliphatic rings. The van der Waals surface area contributed by atoms with Crippen molar-refractivity contribution in [3.05, 3.63) is 30.1 Å². The van der Waals surface area contributed by atoms with Crippen LogP contribution in [0.5, 0.6) is 0 Å². The fraction of sp³-hybridized carbons (Fsp3) is 0.571. The van der Waals surface area contributed by atoms with Crippen molar-refractivity contribution >= 4 is 21.6 Å². The molecule has 0 spiro atoms. The summed E-state index contributed by atoms with van der Waals surface area (Å²) < 4.78 is 13.6. The normalized spacial score (nSPS) is 13.5. The van der Waals surface area contributed by atoms with Gasteiger partial charge >= 0.3 is 0 Å². The number of hydrogen-bond acceptors (Lipinski definition) is 1. The number of rotatable bonds is 4. The molecule has 17 heavy (non-hydrogen) atoms. The molecule has 0 aromatic heterocycles. The molecular formula is C14H21BrFN. The van der Waals surface area contributed by atoms with Gasteiger partial charge in [0.05, 0.1) is 5.69 Å². The lowest BCUT2D eigenvalue weighted by atomic mass is 9.82. The standard InChI is InChI=1S/C14H21BrFN/c1-14(2,3)11(9-15)10-17(4)13-8-6-5-7-12(13)16/h5-8,11H,9-10H2,1-4H3. The molecule has 1 rings (SSSR count). The highest BCUT2D eigenvalue weighted by Crippen LogP contribution is 2.29. The van der Waals surface area contributed by atoms with Crippen molar-refractivity contribution in [3.8, 4) is 0 Å². The first-order valence-electron chi connectivity index (χ1n) is 5.88. The van der Waals surface area contributed by atoms with E-state index in [4.69, 9.17) is 0 Å². The van der Waals surface area contributed by atoms with Gasteiger partial charge in [-0.05, 0) is 23.5 Å². The highest BCUT2D eigenvalue weighted by molar-refractivity contribution is 9.09. The number of nitrogens with zero attached hydrogens (tertiary/aromatic N) is 1. The van der Waals surface area contributed by atoms with Gasteiger partial charge in [-0.1, -0.05) is 48.8 Å². The van der Waals surface area contributed by atoms with Crippen LogP contribution in [0.1, 0.15) is 20.8 Å². The van der Waals surface area contributed by atoms with Crippen LogP contribution in [0.2, 0.25) is 0 Å². The Hall–Kier alpha value is -0.570. The van der Waals surface area contributed by atoms with Gasteiger partial charge in [0, 0.05) is 18.9 Å². The van der Waals surface area contributed by atoms with Crippen molar-refractivity contribution in [2.75, 3.05) is 23.8 Å². The van der Waals surface area contributed by atoms with Crippen LogP contribution in [0.3, 0.4) is 0 Å². The number of benzene rings is 1. The largest absolute Gasteiger partial charge is 0.372 e. The Morgan fingerprint density at radius 3 is 2.35 bits per heavy atom. The van der Waals surface area contributed by atoms with Gasteiger partial charge in [-0.15, -0.1) is 0 Å². The first kappa shape index (κ1) is 14.5. The summed E-state index contributed by atoms with van der Waals surface area (Å²) in [7, 11) is 1.94. The summed E-state index contributed by atoms with van der Waals surface area (Å²) >= 11 is 3.55. The van der Waals surface area contributed by atoms with Gasteiger partial charge in [-0.2, -0.15) is 0 Å². The van der Waals surface area contributed by atoms with E-state index >= 15 is 0 Å². The van der Waals surface area contributed by atoms with Gasteiger partial charge in [-0.3, -0.25) is 0 Å². The predicted octanol–water partition coefficient (Wildman–Crippen LogP) is 4.32. The molecule has 0 aliphatic carbocycles. The molecular weight excluding hydrogens is 281 g/mol. The van der Waals surface area contributed by atoms with E-state index in [1.807, 2.05) is 24.1 Å². The number of alkyl halides is 1. The minimum atomic E-state index is -0.155. The van der Waals surface area contributed by atoms with E-state index in [2.05, 4.69) is 36.7 Å². The predicted molar refractivity (Wildman–Crippen MR) is 76.4 cm³/mol. The molecule has 0 N–H and O–H groups in total. The van der Waals surface area contributed by atoms with Crippen molar-refractivity contribution < 1.29 is 4.39 Å². The van der Waals surface area contributed by atoms with Crippen LogP contribution in [0.25, 0.3) is 0 Å². The quantitative estimate of drug-likeness (QED) is 0.749. The van der Waals surface area contributed by atoms with Crippen LogP contribution in [-0.4, -0.2) is 18.9 Å². The molecule has 3 heteroatoms. The summed E-state index contributed by atoms with van der Waals surface area (Å²) in [5.41, 5.74) is 0.880. The Kier molecular flexibility index (Phi) is 4.99. The van der Waals surface area contributed by atoms with Gasteiger partial charge in [0.1, 0.15) is 5.82 Å². The lowest BCUT2D eigenvalue weighted by molar-refractivity contribution is 0.272. The average molecular weight is 302 g/mol. The van der Waals surface area contributed by atoms with Crippen molar-refractivity contribution in [3.63, 3.8) is 0 Å². The van der Waals surface area contributed by atoms with E-state index < -0.39 is 0 Å². The second-order valence-corrected chi connectivity index (χ2v) is 6.20. The molecule has 0 fully saturated rings. The van der Waals surface area contributed by atoms with Gasteiger partial charge in [0.25, 0.3) is 0 Å². The first-order chi connectivity index (χ1) is 7.86. The highest BCUT2D eigenvalue weighted by Gasteiger charge is 2.25. The Balaban J connectivity index is 2.78. The van der Waals surface area contributed by atoms with Crippen LogP contribution in [-0.2, 0) is 0 Å². The SMILES string of the molecule is CN(CC(CBr)C(C)(C)C)c1ccccc1F. The lowest BCUT2D eigenvalue weighted by Gasteiger charge is -2.33. The maximum atomic E-state index is 13.6. The number of para-hydroxylation sites is 1. The molecule has 1 nitrogen and oxygen atoms in total. The van der Waals surface area contributed by atoms with Crippen LogP contribution < -0.4 is 4.90 Å². The molecule has 0 saturated carbocycles. The second kappa shape index (κ2) is 5.85. The Bertz CT molecular complexity index is 359. The summed E-state index contributed by atoms with van der Waals surface area (Å²) in [5.74, 6) is 0.323. The zero-order chi connectivity index (χ0) is 13.1. The van der Waals surface area contributed by atoms with Gasteiger partial charge in [0.2, 0.25) is 0 Å². The van der Waals surface area contributed by atoms with Crippen molar-refractivity contribution in [2.45, 2.75) is 20.8 Å². The first-order valence-corrected chi connectivity index (χ1v) is 7.00. The van der Waals surface area contributed by atoms with Gasteiger partial charge in [-0.25, -0.2) is 4.39 Å². The van der Waals surface area contributed by atoms with Gasteiger partial charge < -0.3 is 4.90 Å². The molecule has 1 unspecified atom stereocenters. The molecule has 0 radical (unpaired) electrons. The zero-order valence-electron chi connectivity index (χ0n) is 11.0. The Morgan fingerprint density at radius 1 is 1.29 bits per heavy atom. The molecule has 1 aromatic carbocycles. The smallest absolute Gasteiger partial charge is 0.146 e.